The lowest BCUT2D eigenvalue weighted by Crippen LogP contribution is -2.51. The van der Waals surface area contributed by atoms with Crippen molar-refractivity contribution in [3.63, 3.8) is 0 Å². The summed E-state index contributed by atoms with van der Waals surface area (Å²) in [6, 6.07) is -1.39. The van der Waals surface area contributed by atoms with Crippen LogP contribution in [-0.2, 0) is 19.2 Å². The Morgan fingerprint density at radius 2 is 1.87 bits per heavy atom. The van der Waals surface area contributed by atoms with E-state index in [2.05, 4.69) is 10.6 Å². The Hall–Kier alpha value is -2.16. The van der Waals surface area contributed by atoms with E-state index in [0.717, 1.165) is 0 Å². The zero-order valence-electron chi connectivity index (χ0n) is 13.4. The summed E-state index contributed by atoms with van der Waals surface area (Å²) in [6.45, 7) is 3.28. The number of likely N-dealkylation sites (tertiary alicyclic amines) is 1. The first kappa shape index (κ1) is 18.9. The Morgan fingerprint density at radius 1 is 1.22 bits per heavy atom. The van der Waals surface area contributed by atoms with Crippen LogP contribution in [0.1, 0.15) is 26.7 Å². The molecule has 5 N–H and O–H groups in total. The molecular formula is C14H24N4O5. The molecule has 9 heteroatoms. The van der Waals surface area contributed by atoms with Gasteiger partial charge in [0.25, 0.3) is 0 Å². The van der Waals surface area contributed by atoms with Crippen molar-refractivity contribution < 1.29 is 24.3 Å². The number of hydrogen-bond donors (Lipinski definition) is 4. The number of nitrogens with one attached hydrogen (secondary N) is 2. The number of carboxylic acids is 1. The summed E-state index contributed by atoms with van der Waals surface area (Å²) >= 11 is 0. The van der Waals surface area contributed by atoms with E-state index in [1.54, 1.807) is 13.8 Å². The standard InChI is InChI=1S/C14H24N4O5/c1-8(2)12(15)14(23)16-6-10(19)18-5-3-4-9(18)13(22)17-7-11(20)21/h8-9,12H,3-7,15H2,1-2H3,(H,16,23)(H,17,22)(H,20,21). The maximum Gasteiger partial charge on any atom is 0.322 e. The molecule has 9 nitrogen and oxygen atoms in total. The van der Waals surface area contributed by atoms with Gasteiger partial charge < -0.3 is 26.4 Å². The SMILES string of the molecule is CC(C)C(N)C(=O)NCC(=O)N1CCCC1C(=O)NCC(=O)O. The number of carbonyl (C=O) groups is 4. The van der Waals surface area contributed by atoms with Crippen LogP contribution in [0.5, 0.6) is 0 Å². The van der Waals surface area contributed by atoms with Crippen LogP contribution in [-0.4, -0.2) is 65.4 Å². The van der Waals surface area contributed by atoms with Crippen LogP contribution in [0, 0.1) is 5.92 Å². The fourth-order valence-corrected chi connectivity index (χ4v) is 2.30. The van der Waals surface area contributed by atoms with Gasteiger partial charge in [-0.05, 0) is 18.8 Å². The van der Waals surface area contributed by atoms with Gasteiger partial charge in [-0.15, -0.1) is 0 Å². The van der Waals surface area contributed by atoms with Gasteiger partial charge in [0.05, 0.1) is 12.6 Å². The highest BCUT2D eigenvalue weighted by Crippen LogP contribution is 2.17. The molecular weight excluding hydrogens is 304 g/mol. The highest BCUT2D eigenvalue weighted by atomic mass is 16.4. The van der Waals surface area contributed by atoms with Crippen LogP contribution < -0.4 is 16.4 Å². The first-order valence-electron chi connectivity index (χ1n) is 7.56. The van der Waals surface area contributed by atoms with E-state index in [4.69, 9.17) is 10.8 Å². The summed E-state index contributed by atoms with van der Waals surface area (Å²) in [7, 11) is 0. The molecule has 130 valence electrons. The molecule has 0 aromatic heterocycles. The van der Waals surface area contributed by atoms with Crippen LogP contribution in [0.25, 0.3) is 0 Å². The molecule has 0 radical (unpaired) electrons. The third-order valence-electron chi connectivity index (χ3n) is 3.72. The van der Waals surface area contributed by atoms with Gasteiger partial charge in [0, 0.05) is 6.54 Å². The minimum absolute atomic E-state index is 0.0496. The summed E-state index contributed by atoms with van der Waals surface area (Å²) in [4.78, 5) is 47.7. The van der Waals surface area contributed by atoms with E-state index in [1.165, 1.54) is 4.90 Å². The summed E-state index contributed by atoms with van der Waals surface area (Å²) in [5, 5.41) is 13.3. The third-order valence-corrected chi connectivity index (χ3v) is 3.72. The van der Waals surface area contributed by atoms with Gasteiger partial charge in [-0.1, -0.05) is 13.8 Å². The number of amides is 3. The molecule has 0 aromatic carbocycles. The van der Waals surface area contributed by atoms with Crippen molar-refractivity contribution in [3.8, 4) is 0 Å². The molecule has 0 aliphatic carbocycles. The molecule has 0 spiro atoms. The number of rotatable bonds is 7. The average molecular weight is 328 g/mol. The van der Waals surface area contributed by atoms with E-state index < -0.39 is 36.4 Å². The number of nitrogens with zero attached hydrogens (tertiary/aromatic N) is 1. The summed E-state index contributed by atoms with van der Waals surface area (Å²) < 4.78 is 0. The number of carboxylic acid groups (broad SMARTS) is 1. The van der Waals surface area contributed by atoms with E-state index in [0.29, 0.717) is 19.4 Å². The molecule has 0 aromatic rings. The van der Waals surface area contributed by atoms with Gasteiger partial charge in [0.2, 0.25) is 17.7 Å². The van der Waals surface area contributed by atoms with Crippen LogP contribution in [0.3, 0.4) is 0 Å². The molecule has 1 heterocycles. The second-order valence-corrected chi connectivity index (χ2v) is 5.84. The van der Waals surface area contributed by atoms with Gasteiger partial charge in [-0.2, -0.15) is 0 Å². The summed E-state index contributed by atoms with van der Waals surface area (Å²) in [5.74, 6) is -2.50. The van der Waals surface area contributed by atoms with Gasteiger partial charge in [0.1, 0.15) is 12.6 Å². The lowest BCUT2D eigenvalue weighted by molar-refractivity contribution is -0.141. The summed E-state index contributed by atoms with van der Waals surface area (Å²) in [5.41, 5.74) is 5.69. The monoisotopic (exact) mass is 328 g/mol. The highest BCUT2D eigenvalue weighted by Gasteiger charge is 2.34. The molecule has 3 amide bonds. The van der Waals surface area contributed by atoms with Crippen molar-refractivity contribution in [2.24, 2.45) is 11.7 Å². The molecule has 1 aliphatic rings. The van der Waals surface area contributed by atoms with E-state index in [1.807, 2.05) is 0 Å². The Kier molecular flexibility index (Phi) is 6.95. The normalized spacial score (nSPS) is 18.6. The highest BCUT2D eigenvalue weighted by molar-refractivity contribution is 5.92. The van der Waals surface area contributed by atoms with Crippen molar-refractivity contribution in [1.82, 2.24) is 15.5 Å². The van der Waals surface area contributed by atoms with Gasteiger partial charge in [-0.3, -0.25) is 19.2 Å². The van der Waals surface area contributed by atoms with Crippen LogP contribution in [0.15, 0.2) is 0 Å². The van der Waals surface area contributed by atoms with Crippen molar-refractivity contribution in [1.29, 1.82) is 0 Å². The maximum atomic E-state index is 12.2. The van der Waals surface area contributed by atoms with E-state index in [-0.39, 0.29) is 18.4 Å². The molecule has 2 unspecified atom stereocenters. The first-order valence-corrected chi connectivity index (χ1v) is 7.56. The molecule has 1 rings (SSSR count). The fraction of sp³-hybridized carbons (Fsp3) is 0.714. The minimum Gasteiger partial charge on any atom is -0.480 e. The van der Waals surface area contributed by atoms with Gasteiger partial charge in [0.15, 0.2) is 0 Å². The second kappa shape index (κ2) is 8.47. The second-order valence-electron chi connectivity index (χ2n) is 5.84. The Morgan fingerprint density at radius 3 is 2.43 bits per heavy atom. The third kappa shape index (κ3) is 5.51. The van der Waals surface area contributed by atoms with Crippen molar-refractivity contribution >= 4 is 23.7 Å². The fourth-order valence-electron chi connectivity index (χ4n) is 2.30. The maximum absolute atomic E-state index is 12.2. The minimum atomic E-state index is -1.15. The number of nitrogens with two attached hydrogens (primary N) is 1. The predicted molar refractivity (Wildman–Crippen MR) is 81.2 cm³/mol. The molecule has 0 saturated carbocycles. The Balaban J connectivity index is 2.52. The van der Waals surface area contributed by atoms with Crippen LogP contribution in [0.4, 0.5) is 0 Å². The molecule has 23 heavy (non-hydrogen) atoms. The Labute approximate surface area is 134 Å². The largest absolute Gasteiger partial charge is 0.480 e. The molecule has 2 atom stereocenters. The first-order chi connectivity index (χ1) is 10.7. The number of hydrogen-bond acceptors (Lipinski definition) is 5. The van der Waals surface area contributed by atoms with Crippen molar-refractivity contribution in [3.05, 3.63) is 0 Å². The van der Waals surface area contributed by atoms with Crippen molar-refractivity contribution in [2.75, 3.05) is 19.6 Å². The predicted octanol–water partition coefficient (Wildman–Crippen LogP) is -1.72. The van der Waals surface area contributed by atoms with Crippen LogP contribution in [0.2, 0.25) is 0 Å². The quantitative estimate of drug-likeness (QED) is 0.438. The molecule has 0 bridgehead atoms. The van der Waals surface area contributed by atoms with Crippen molar-refractivity contribution in [2.45, 2.75) is 38.8 Å². The zero-order valence-corrected chi connectivity index (χ0v) is 13.4. The molecule has 1 fully saturated rings. The smallest absolute Gasteiger partial charge is 0.322 e. The zero-order chi connectivity index (χ0) is 17.6. The van der Waals surface area contributed by atoms with E-state index >= 15 is 0 Å². The molecule has 1 aliphatic heterocycles. The van der Waals surface area contributed by atoms with Gasteiger partial charge >= 0.3 is 5.97 Å². The lowest BCUT2D eigenvalue weighted by Gasteiger charge is -2.24. The molecule has 1 saturated heterocycles. The number of carbonyl (C=O) groups excluding carboxylic acids is 3. The number of aliphatic carboxylic acids is 1. The topological polar surface area (TPSA) is 142 Å². The average Bonchev–Trinajstić information content (AvgIpc) is 2.98. The lowest BCUT2D eigenvalue weighted by atomic mass is 10.1. The Bertz CT molecular complexity index is 480. The van der Waals surface area contributed by atoms with Gasteiger partial charge in [-0.25, -0.2) is 0 Å². The van der Waals surface area contributed by atoms with Crippen LogP contribution >= 0.6 is 0 Å². The van der Waals surface area contributed by atoms with E-state index in [9.17, 15) is 19.2 Å². The summed E-state index contributed by atoms with van der Waals surface area (Å²) in [6.07, 6.45) is 1.12.